The molecule has 3 rings (SSSR count). The fraction of sp³-hybridized carbons (Fsp3) is 0.533. The van der Waals surface area contributed by atoms with Crippen molar-refractivity contribution in [1.29, 1.82) is 5.26 Å². The van der Waals surface area contributed by atoms with Crippen molar-refractivity contribution in [2.24, 2.45) is 5.41 Å². The molecule has 1 fully saturated rings. The third-order valence-corrected chi connectivity index (χ3v) is 5.24. The summed E-state index contributed by atoms with van der Waals surface area (Å²) >= 11 is 0. The molecule has 104 valence electrons. The lowest BCUT2D eigenvalue weighted by molar-refractivity contribution is -0.133. The number of fused-ring (bicyclic) bond motifs is 1. The fourth-order valence-corrected chi connectivity index (χ4v) is 4.05. The van der Waals surface area contributed by atoms with Gasteiger partial charge < -0.3 is 4.90 Å². The lowest BCUT2D eigenvalue weighted by Gasteiger charge is -2.46. The summed E-state index contributed by atoms with van der Waals surface area (Å²) in [7, 11) is 2.58. The minimum Gasteiger partial charge on any atom is -0.335 e. The van der Waals surface area contributed by atoms with Crippen LogP contribution in [0.15, 0.2) is 23.3 Å². The molecule has 1 aliphatic heterocycles. The normalized spacial score (nSPS) is 32.2. The highest BCUT2D eigenvalue weighted by molar-refractivity contribution is 7.22. The van der Waals surface area contributed by atoms with E-state index in [0.29, 0.717) is 12.6 Å². The van der Waals surface area contributed by atoms with E-state index in [4.69, 9.17) is 0 Å². The summed E-state index contributed by atoms with van der Waals surface area (Å²) in [6.07, 6.45) is 5.63. The number of rotatable bonds is 1. The second-order valence-corrected chi connectivity index (χ2v) is 7.21. The molecule has 2 atom stereocenters. The summed E-state index contributed by atoms with van der Waals surface area (Å²) in [6.45, 7) is 4.16. The molecule has 0 bridgehead atoms. The Labute approximate surface area is 120 Å². The Morgan fingerprint density at radius 2 is 2.05 bits per heavy atom. The van der Waals surface area contributed by atoms with E-state index in [1.54, 1.807) is 13.8 Å². The molecule has 5 heteroatoms. The van der Waals surface area contributed by atoms with E-state index in [9.17, 15) is 14.9 Å². The van der Waals surface area contributed by atoms with Crippen LogP contribution in [-0.2, 0) is 9.59 Å². The van der Waals surface area contributed by atoms with Crippen LogP contribution in [-0.4, -0.2) is 34.3 Å². The molecule has 3 aliphatic rings. The molecule has 0 radical (unpaired) electrons. The molecule has 1 saturated carbocycles. The number of ketones is 1. The molecule has 1 amide bonds. The fourth-order valence-electron chi connectivity index (χ4n) is 3.24. The van der Waals surface area contributed by atoms with Crippen LogP contribution in [0.4, 0.5) is 0 Å². The van der Waals surface area contributed by atoms with Gasteiger partial charge >= 0.3 is 0 Å². The van der Waals surface area contributed by atoms with Gasteiger partial charge in [0.2, 0.25) is 5.91 Å². The SMILES string of the molecule is CC1(C)C(=O)C(C#N)=C[C@@]2(P)C(=O)N(C3CC3)CC=C12. The number of carbonyl (C=O) groups excluding carboxylic acids is 2. The average molecular weight is 288 g/mol. The van der Waals surface area contributed by atoms with Crippen molar-refractivity contribution in [1.82, 2.24) is 4.90 Å². The van der Waals surface area contributed by atoms with Gasteiger partial charge in [0.15, 0.2) is 5.78 Å². The molecule has 0 saturated heterocycles. The Balaban J connectivity index is 2.16. The van der Waals surface area contributed by atoms with Crippen LogP contribution in [0.5, 0.6) is 0 Å². The molecule has 1 heterocycles. The third kappa shape index (κ3) is 1.63. The zero-order valence-corrected chi connectivity index (χ0v) is 12.8. The van der Waals surface area contributed by atoms with E-state index in [-0.39, 0.29) is 17.3 Å². The molecule has 0 aromatic heterocycles. The molecule has 0 aromatic rings. The van der Waals surface area contributed by atoms with Crippen LogP contribution >= 0.6 is 9.24 Å². The van der Waals surface area contributed by atoms with Gasteiger partial charge in [0.25, 0.3) is 0 Å². The zero-order valence-electron chi connectivity index (χ0n) is 11.6. The highest BCUT2D eigenvalue weighted by Crippen LogP contribution is 2.50. The van der Waals surface area contributed by atoms with Crippen molar-refractivity contribution in [3.8, 4) is 6.07 Å². The summed E-state index contributed by atoms with van der Waals surface area (Å²) in [6, 6.07) is 2.28. The maximum atomic E-state index is 12.8. The zero-order chi connectivity index (χ0) is 14.7. The molecule has 20 heavy (non-hydrogen) atoms. The van der Waals surface area contributed by atoms with Crippen LogP contribution in [0.25, 0.3) is 0 Å². The number of hydrogen-bond acceptors (Lipinski definition) is 3. The molecule has 0 aromatic carbocycles. The quantitative estimate of drug-likeness (QED) is 0.544. The maximum absolute atomic E-state index is 12.8. The lowest BCUT2D eigenvalue weighted by atomic mass is 9.66. The van der Waals surface area contributed by atoms with Crippen LogP contribution in [0.3, 0.4) is 0 Å². The summed E-state index contributed by atoms with van der Waals surface area (Å²) in [4.78, 5) is 27.0. The molecule has 2 aliphatic carbocycles. The molecule has 1 unspecified atom stereocenters. The average Bonchev–Trinajstić information content (AvgIpc) is 3.21. The standard InChI is InChI=1S/C15H17N2O2P/c1-14(2)11-5-6-17(10-3-4-10)13(19)15(11,20)7-9(8-16)12(14)18/h5,7,10H,3-4,6,20H2,1-2H3/t15-/m0/s1. The van der Waals surface area contributed by atoms with Crippen molar-refractivity contribution in [2.45, 2.75) is 37.9 Å². The van der Waals surface area contributed by atoms with Crippen molar-refractivity contribution >= 4 is 20.9 Å². The van der Waals surface area contributed by atoms with E-state index >= 15 is 0 Å². The summed E-state index contributed by atoms with van der Waals surface area (Å²) in [5.74, 6) is -0.201. The molecule has 0 N–H and O–H groups in total. The number of allylic oxidation sites excluding steroid dienone is 1. The van der Waals surface area contributed by atoms with Gasteiger partial charge in [-0.05, 0) is 38.3 Å². The third-order valence-electron chi connectivity index (χ3n) is 4.52. The van der Waals surface area contributed by atoms with Crippen LogP contribution in [0.1, 0.15) is 26.7 Å². The van der Waals surface area contributed by atoms with E-state index in [1.165, 1.54) is 6.08 Å². The lowest BCUT2D eigenvalue weighted by Crippen LogP contribution is -2.55. The topological polar surface area (TPSA) is 61.2 Å². The molecule has 4 nitrogen and oxygen atoms in total. The van der Waals surface area contributed by atoms with Gasteiger partial charge in [-0.2, -0.15) is 5.26 Å². The van der Waals surface area contributed by atoms with Crippen LogP contribution < -0.4 is 0 Å². The van der Waals surface area contributed by atoms with Gasteiger partial charge in [-0.25, -0.2) is 0 Å². The van der Waals surface area contributed by atoms with Crippen LogP contribution in [0, 0.1) is 16.7 Å². The Morgan fingerprint density at radius 3 is 2.60 bits per heavy atom. The monoisotopic (exact) mass is 288 g/mol. The Morgan fingerprint density at radius 1 is 1.40 bits per heavy atom. The first-order chi connectivity index (χ1) is 9.32. The van der Waals surface area contributed by atoms with Crippen molar-refractivity contribution in [3.05, 3.63) is 23.3 Å². The molecular weight excluding hydrogens is 271 g/mol. The highest BCUT2D eigenvalue weighted by Gasteiger charge is 2.55. The van der Waals surface area contributed by atoms with E-state index in [1.807, 2.05) is 17.0 Å². The first-order valence-electron chi connectivity index (χ1n) is 6.81. The molecule has 0 spiro atoms. The van der Waals surface area contributed by atoms with Gasteiger partial charge in [0.05, 0.1) is 11.0 Å². The number of nitrogens with zero attached hydrogens (tertiary/aromatic N) is 2. The Hall–Kier alpha value is -1.46. The summed E-state index contributed by atoms with van der Waals surface area (Å²) in [5, 5.41) is 8.25. The second kappa shape index (κ2) is 4.02. The van der Waals surface area contributed by atoms with Crippen molar-refractivity contribution in [2.75, 3.05) is 6.54 Å². The second-order valence-electron chi connectivity index (χ2n) is 6.30. The minimum absolute atomic E-state index is 0.00387. The van der Waals surface area contributed by atoms with Gasteiger partial charge in [-0.1, -0.05) is 6.08 Å². The summed E-state index contributed by atoms with van der Waals surface area (Å²) in [5.41, 5.74) is 0.0985. The van der Waals surface area contributed by atoms with Gasteiger partial charge in [-0.15, -0.1) is 9.24 Å². The minimum atomic E-state index is -0.927. The predicted molar refractivity (Wildman–Crippen MR) is 77.7 cm³/mol. The first kappa shape index (κ1) is 13.5. The van der Waals surface area contributed by atoms with E-state index in [0.717, 1.165) is 18.4 Å². The molecular formula is C15H17N2O2P. The van der Waals surface area contributed by atoms with E-state index in [2.05, 4.69) is 9.24 Å². The smallest absolute Gasteiger partial charge is 0.241 e. The maximum Gasteiger partial charge on any atom is 0.241 e. The number of Topliss-reactive ketones (excluding diaryl/α,β-unsaturated/α-hetero) is 1. The number of hydrogen-bond donors (Lipinski definition) is 0. The first-order valence-corrected chi connectivity index (χ1v) is 7.39. The number of amides is 1. The van der Waals surface area contributed by atoms with Crippen molar-refractivity contribution < 1.29 is 9.59 Å². The van der Waals surface area contributed by atoms with Crippen molar-refractivity contribution in [3.63, 3.8) is 0 Å². The Kier molecular flexibility index (Phi) is 2.72. The van der Waals surface area contributed by atoms with E-state index < -0.39 is 10.6 Å². The van der Waals surface area contributed by atoms with Crippen LogP contribution in [0.2, 0.25) is 0 Å². The number of nitriles is 1. The highest BCUT2D eigenvalue weighted by atomic mass is 31.0. The van der Waals surface area contributed by atoms with Gasteiger partial charge in [-0.3, -0.25) is 9.59 Å². The van der Waals surface area contributed by atoms with Gasteiger partial charge in [0, 0.05) is 12.6 Å². The predicted octanol–water partition coefficient (Wildman–Crippen LogP) is 1.59. The Bertz CT molecular complexity index is 622. The summed E-state index contributed by atoms with van der Waals surface area (Å²) < 4.78 is 0. The van der Waals surface area contributed by atoms with Gasteiger partial charge in [0.1, 0.15) is 11.2 Å². The number of carbonyl (C=O) groups is 2. The largest absolute Gasteiger partial charge is 0.335 e.